The number of hydrogen-bond donors (Lipinski definition) is 2. The zero-order valence-electron chi connectivity index (χ0n) is 12.2. The van der Waals surface area contributed by atoms with E-state index in [4.69, 9.17) is 0 Å². The normalized spacial score (nSPS) is 10.5. The van der Waals surface area contributed by atoms with Gasteiger partial charge in [-0.25, -0.2) is 0 Å². The average Bonchev–Trinajstić information content (AvgIpc) is 2.51. The summed E-state index contributed by atoms with van der Waals surface area (Å²) in [7, 11) is 0. The van der Waals surface area contributed by atoms with Gasteiger partial charge in [-0.1, -0.05) is 43.3 Å². The maximum atomic E-state index is 12.0. The van der Waals surface area contributed by atoms with E-state index in [-0.39, 0.29) is 24.5 Å². The molecule has 0 atom stereocenters. The number of fused-ring (bicyclic) bond motifs is 1. The summed E-state index contributed by atoms with van der Waals surface area (Å²) in [6, 6.07) is 13.7. The largest absolute Gasteiger partial charge is 0.326 e. The molecule has 1 amide bonds. The molecule has 0 fully saturated rings. The minimum absolute atomic E-state index is 0.0601. The smallest absolute Gasteiger partial charge is 0.224 e. The lowest BCUT2D eigenvalue weighted by Gasteiger charge is -2.08. The summed E-state index contributed by atoms with van der Waals surface area (Å²) in [5.41, 5.74) is 0.789. The number of rotatable bonds is 7. The molecule has 0 heterocycles. The molecule has 0 saturated carbocycles. The number of carbonyl (C=O) groups excluding carboxylic acids is 2. The van der Waals surface area contributed by atoms with Crippen LogP contribution in [-0.4, -0.2) is 24.8 Å². The van der Waals surface area contributed by atoms with Crippen LogP contribution in [0.15, 0.2) is 42.5 Å². The molecule has 21 heavy (non-hydrogen) atoms. The van der Waals surface area contributed by atoms with Gasteiger partial charge in [0.2, 0.25) is 5.91 Å². The number of carbonyl (C=O) groups is 2. The fraction of sp³-hybridized carbons (Fsp3) is 0.294. The van der Waals surface area contributed by atoms with Gasteiger partial charge in [-0.15, -0.1) is 0 Å². The van der Waals surface area contributed by atoms with Crippen LogP contribution < -0.4 is 10.6 Å². The van der Waals surface area contributed by atoms with E-state index in [9.17, 15) is 9.59 Å². The summed E-state index contributed by atoms with van der Waals surface area (Å²) >= 11 is 0. The van der Waals surface area contributed by atoms with Crippen LogP contribution in [0.25, 0.3) is 10.8 Å². The molecule has 0 aliphatic heterocycles. The Bertz CT molecular complexity index is 632. The van der Waals surface area contributed by atoms with Crippen LogP contribution >= 0.6 is 0 Å². The first-order chi connectivity index (χ1) is 10.2. The molecule has 2 N–H and O–H groups in total. The fourth-order valence-corrected chi connectivity index (χ4v) is 2.15. The lowest BCUT2D eigenvalue weighted by Crippen LogP contribution is -2.23. The second kappa shape index (κ2) is 7.55. The summed E-state index contributed by atoms with van der Waals surface area (Å²) in [5.74, 6) is -0.0684. The van der Waals surface area contributed by atoms with Gasteiger partial charge in [-0.2, -0.15) is 0 Å². The van der Waals surface area contributed by atoms with Gasteiger partial charge in [0.1, 0.15) is 5.78 Å². The van der Waals surface area contributed by atoms with Crippen molar-refractivity contribution in [1.29, 1.82) is 0 Å². The molecule has 0 aliphatic rings. The van der Waals surface area contributed by atoms with Gasteiger partial charge >= 0.3 is 0 Å². The van der Waals surface area contributed by atoms with Crippen LogP contribution in [0.4, 0.5) is 5.69 Å². The number of anilines is 1. The monoisotopic (exact) mass is 284 g/mol. The molecule has 2 rings (SSSR count). The van der Waals surface area contributed by atoms with E-state index in [0.29, 0.717) is 6.54 Å². The Balaban J connectivity index is 1.94. The number of hydrogen-bond acceptors (Lipinski definition) is 3. The standard InChI is InChI=1S/C17H20N2O2/c1-2-18-12-14(20)10-11-17(21)19-16-9-5-7-13-6-3-4-8-15(13)16/h3-9,18H,2,10-12H2,1H3,(H,19,21). The molecule has 0 aliphatic carbocycles. The van der Waals surface area contributed by atoms with Gasteiger partial charge in [0.15, 0.2) is 0 Å². The number of Topliss-reactive ketones (excluding diaryl/α,β-unsaturated/α-hetero) is 1. The lowest BCUT2D eigenvalue weighted by molar-refractivity contribution is -0.122. The Labute approximate surface area is 124 Å². The molecule has 4 heteroatoms. The van der Waals surface area contributed by atoms with Crippen molar-refractivity contribution < 1.29 is 9.59 Å². The van der Waals surface area contributed by atoms with Crippen LogP contribution in [0, 0.1) is 0 Å². The third kappa shape index (κ3) is 4.39. The molecular weight excluding hydrogens is 264 g/mol. The van der Waals surface area contributed by atoms with Crippen LogP contribution in [0.2, 0.25) is 0 Å². The van der Waals surface area contributed by atoms with E-state index >= 15 is 0 Å². The zero-order chi connectivity index (χ0) is 15.1. The van der Waals surface area contributed by atoms with Gasteiger partial charge in [0.05, 0.1) is 6.54 Å². The van der Waals surface area contributed by atoms with Crippen molar-refractivity contribution in [2.24, 2.45) is 0 Å². The zero-order valence-corrected chi connectivity index (χ0v) is 12.2. The first kappa shape index (κ1) is 15.2. The van der Waals surface area contributed by atoms with Gasteiger partial charge in [0, 0.05) is 23.9 Å². The number of ketones is 1. The van der Waals surface area contributed by atoms with E-state index in [2.05, 4.69) is 10.6 Å². The maximum Gasteiger partial charge on any atom is 0.224 e. The predicted molar refractivity (Wildman–Crippen MR) is 85.4 cm³/mol. The highest BCUT2D eigenvalue weighted by molar-refractivity contribution is 6.02. The van der Waals surface area contributed by atoms with Crippen molar-refractivity contribution in [2.45, 2.75) is 19.8 Å². The highest BCUT2D eigenvalue weighted by Gasteiger charge is 2.08. The summed E-state index contributed by atoms with van der Waals surface area (Å²) in [6.45, 7) is 3.03. The van der Waals surface area contributed by atoms with Crippen LogP contribution in [0.5, 0.6) is 0 Å². The van der Waals surface area contributed by atoms with Crippen molar-refractivity contribution in [3.8, 4) is 0 Å². The molecule has 0 bridgehead atoms. The van der Waals surface area contributed by atoms with Crippen molar-refractivity contribution in [2.75, 3.05) is 18.4 Å². The van der Waals surface area contributed by atoms with Crippen LogP contribution in [0.1, 0.15) is 19.8 Å². The average molecular weight is 284 g/mol. The molecule has 2 aromatic carbocycles. The van der Waals surface area contributed by atoms with Crippen molar-refractivity contribution in [1.82, 2.24) is 5.32 Å². The molecule has 0 spiro atoms. The maximum absolute atomic E-state index is 12.0. The Morgan fingerprint density at radius 2 is 1.76 bits per heavy atom. The van der Waals surface area contributed by atoms with E-state index < -0.39 is 0 Å². The number of likely N-dealkylation sites (N-methyl/N-ethyl adjacent to an activating group) is 1. The fourth-order valence-electron chi connectivity index (χ4n) is 2.15. The Kier molecular flexibility index (Phi) is 5.46. The summed E-state index contributed by atoms with van der Waals surface area (Å²) in [6.07, 6.45) is 0.483. The van der Waals surface area contributed by atoms with Gasteiger partial charge in [-0.05, 0) is 18.0 Å². The Morgan fingerprint density at radius 3 is 2.57 bits per heavy atom. The molecule has 0 aromatic heterocycles. The van der Waals surface area contributed by atoms with Crippen molar-refractivity contribution in [3.63, 3.8) is 0 Å². The van der Waals surface area contributed by atoms with Gasteiger partial charge < -0.3 is 10.6 Å². The quantitative estimate of drug-likeness (QED) is 0.822. The van der Waals surface area contributed by atoms with Crippen molar-refractivity contribution in [3.05, 3.63) is 42.5 Å². The molecule has 2 aromatic rings. The Morgan fingerprint density at radius 1 is 1.00 bits per heavy atom. The topological polar surface area (TPSA) is 58.2 Å². The summed E-state index contributed by atoms with van der Waals surface area (Å²) in [4.78, 5) is 23.5. The molecule has 0 radical (unpaired) electrons. The van der Waals surface area contributed by atoms with E-state index in [0.717, 1.165) is 23.0 Å². The number of amides is 1. The van der Waals surface area contributed by atoms with Crippen LogP contribution in [-0.2, 0) is 9.59 Å². The molecule has 110 valence electrons. The second-order valence-corrected chi connectivity index (χ2v) is 4.89. The first-order valence-electron chi connectivity index (χ1n) is 7.20. The summed E-state index contributed by atoms with van der Waals surface area (Å²) < 4.78 is 0. The SMILES string of the molecule is CCNCC(=O)CCC(=O)Nc1cccc2ccccc12. The Hall–Kier alpha value is -2.20. The first-order valence-corrected chi connectivity index (χ1v) is 7.20. The highest BCUT2D eigenvalue weighted by atomic mass is 16.2. The lowest BCUT2D eigenvalue weighted by atomic mass is 10.1. The molecular formula is C17H20N2O2. The second-order valence-electron chi connectivity index (χ2n) is 4.89. The van der Waals surface area contributed by atoms with E-state index in [1.54, 1.807) is 0 Å². The summed E-state index contributed by atoms with van der Waals surface area (Å²) in [5, 5.41) is 7.94. The van der Waals surface area contributed by atoms with Crippen molar-refractivity contribution >= 4 is 28.2 Å². The van der Waals surface area contributed by atoms with E-state index in [1.165, 1.54) is 0 Å². The molecule has 0 saturated heterocycles. The highest BCUT2D eigenvalue weighted by Crippen LogP contribution is 2.23. The van der Waals surface area contributed by atoms with E-state index in [1.807, 2.05) is 49.4 Å². The molecule has 0 unspecified atom stereocenters. The third-order valence-electron chi connectivity index (χ3n) is 3.27. The number of nitrogens with one attached hydrogen (secondary N) is 2. The third-order valence-corrected chi connectivity index (χ3v) is 3.27. The minimum Gasteiger partial charge on any atom is -0.326 e. The van der Waals surface area contributed by atoms with Gasteiger partial charge in [-0.3, -0.25) is 9.59 Å². The predicted octanol–water partition coefficient (Wildman–Crippen LogP) is 2.74. The minimum atomic E-state index is -0.129. The molecule has 4 nitrogen and oxygen atoms in total. The van der Waals surface area contributed by atoms with Crippen LogP contribution in [0.3, 0.4) is 0 Å². The number of benzene rings is 2. The van der Waals surface area contributed by atoms with Gasteiger partial charge in [0.25, 0.3) is 0 Å².